The molecule has 24 heavy (non-hydrogen) atoms. The molecule has 7 heteroatoms. The van der Waals surface area contributed by atoms with Crippen LogP contribution in [0.15, 0.2) is 18.2 Å². The van der Waals surface area contributed by atoms with Gasteiger partial charge in [-0.2, -0.15) is 13.2 Å². The summed E-state index contributed by atoms with van der Waals surface area (Å²) in [5.74, 6) is -1.30. The first kappa shape index (κ1) is 18.7. The first-order chi connectivity index (χ1) is 11.2. The van der Waals surface area contributed by atoms with Crippen molar-refractivity contribution in [2.75, 3.05) is 33.7 Å². The maximum absolute atomic E-state index is 13.3. The molecule has 0 radical (unpaired) electrons. The van der Waals surface area contributed by atoms with Gasteiger partial charge < -0.3 is 9.80 Å². The molecule has 0 atom stereocenters. The van der Waals surface area contributed by atoms with Crippen molar-refractivity contribution in [3.63, 3.8) is 0 Å². The second-order valence-electron chi connectivity index (χ2n) is 6.52. The van der Waals surface area contributed by atoms with E-state index in [4.69, 9.17) is 0 Å². The zero-order valence-corrected chi connectivity index (χ0v) is 13.9. The van der Waals surface area contributed by atoms with Crippen molar-refractivity contribution in [3.05, 3.63) is 35.1 Å². The van der Waals surface area contributed by atoms with E-state index in [0.29, 0.717) is 31.1 Å². The summed E-state index contributed by atoms with van der Waals surface area (Å²) in [6.07, 6.45) is -2.08. The highest BCUT2D eigenvalue weighted by atomic mass is 19.4. The average molecular weight is 346 g/mol. The van der Waals surface area contributed by atoms with Crippen molar-refractivity contribution in [2.24, 2.45) is 5.92 Å². The van der Waals surface area contributed by atoms with E-state index in [0.717, 1.165) is 31.9 Å². The highest BCUT2D eigenvalue weighted by Crippen LogP contribution is 2.32. The minimum absolute atomic E-state index is 0.115. The number of hydrogen-bond acceptors (Lipinski definition) is 2. The molecule has 0 spiro atoms. The minimum atomic E-state index is -4.81. The van der Waals surface area contributed by atoms with E-state index in [1.807, 2.05) is 14.1 Å². The summed E-state index contributed by atoms with van der Waals surface area (Å²) in [5.41, 5.74) is -1.51. The number of benzene rings is 1. The number of amides is 1. The fourth-order valence-corrected chi connectivity index (χ4v) is 2.92. The SMILES string of the molecule is CN(C)CCC1CCN(C(=O)c2ccc(F)c(C(F)(F)F)c2)CC1. The van der Waals surface area contributed by atoms with Gasteiger partial charge in [0.25, 0.3) is 5.91 Å². The molecule has 1 aliphatic heterocycles. The number of halogens is 4. The van der Waals surface area contributed by atoms with Crippen LogP contribution in [-0.4, -0.2) is 49.4 Å². The largest absolute Gasteiger partial charge is 0.419 e. The number of hydrogen-bond donors (Lipinski definition) is 0. The smallest absolute Gasteiger partial charge is 0.339 e. The van der Waals surface area contributed by atoms with E-state index in [1.54, 1.807) is 4.90 Å². The van der Waals surface area contributed by atoms with Gasteiger partial charge in [0.05, 0.1) is 5.56 Å². The fraction of sp³-hybridized carbons (Fsp3) is 0.588. The Morgan fingerprint density at radius 1 is 1.25 bits per heavy atom. The third-order valence-electron chi connectivity index (χ3n) is 4.41. The van der Waals surface area contributed by atoms with Crippen LogP contribution in [0.1, 0.15) is 35.2 Å². The lowest BCUT2D eigenvalue weighted by Crippen LogP contribution is -2.39. The lowest BCUT2D eigenvalue weighted by Gasteiger charge is -2.32. The molecule has 1 saturated heterocycles. The molecule has 1 aromatic carbocycles. The van der Waals surface area contributed by atoms with Crippen molar-refractivity contribution in [2.45, 2.75) is 25.4 Å². The van der Waals surface area contributed by atoms with Gasteiger partial charge in [-0.05, 0) is 64.0 Å². The molecule has 1 aliphatic rings. The molecule has 0 N–H and O–H groups in total. The summed E-state index contributed by atoms with van der Waals surface area (Å²) in [4.78, 5) is 16.1. The Hall–Kier alpha value is -1.63. The molecule has 1 heterocycles. The number of piperidine rings is 1. The molecule has 0 aromatic heterocycles. The molecule has 1 amide bonds. The number of nitrogens with zero attached hydrogens (tertiary/aromatic N) is 2. The molecular formula is C17H22F4N2O. The molecule has 1 aromatic rings. The third-order valence-corrected chi connectivity index (χ3v) is 4.41. The normalized spacial score (nSPS) is 16.7. The molecule has 3 nitrogen and oxygen atoms in total. The van der Waals surface area contributed by atoms with Crippen LogP contribution in [0.2, 0.25) is 0 Å². The zero-order valence-electron chi connectivity index (χ0n) is 13.9. The maximum atomic E-state index is 13.3. The van der Waals surface area contributed by atoms with E-state index in [-0.39, 0.29) is 5.56 Å². The predicted octanol–water partition coefficient (Wildman–Crippen LogP) is 3.65. The Morgan fingerprint density at radius 3 is 2.42 bits per heavy atom. The summed E-state index contributed by atoms with van der Waals surface area (Å²) in [5, 5.41) is 0. The monoisotopic (exact) mass is 346 g/mol. The van der Waals surface area contributed by atoms with Crippen LogP contribution in [0.25, 0.3) is 0 Å². The molecule has 1 fully saturated rings. The standard InChI is InChI=1S/C17H22F4N2O/c1-22(2)8-5-12-6-9-23(10-7-12)16(24)13-3-4-15(18)14(11-13)17(19,20)21/h3-4,11-12H,5-10H2,1-2H3. The molecular weight excluding hydrogens is 324 g/mol. The van der Waals surface area contributed by atoms with Gasteiger partial charge >= 0.3 is 6.18 Å². The summed E-state index contributed by atoms with van der Waals surface area (Å²) in [6, 6.07) is 2.43. The van der Waals surface area contributed by atoms with E-state index >= 15 is 0 Å². The summed E-state index contributed by atoms with van der Waals surface area (Å²) >= 11 is 0. The van der Waals surface area contributed by atoms with Crippen molar-refractivity contribution >= 4 is 5.91 Å². The minimum Gasteiger partial charge on any atom is -0.339 e. The van der Waals surface area contributed by atoms with Crippen LogP contribution in [0, 0.1) is 11.7 Å². The Balaban J connectivity index is 2.01. The average Bonchev–Trinajstić information content (AvgIpc) is 2.52. The van der Waals surface area contributed by atoms with Crippen molar-refractivity contribution in [1.29, 1.82) is 0 Å². The summed E-state index contributed by atoms with van der Waals surface area (Å²) in [7, 11) is 4.01. The van der Waals surface area contributed by atoms with Crippen molar-refractivity contribution in [3.8, 4) is 0 Å². The van der Waals surface area contributed by atoms with Gasteiger partial charge in [0.1, 0.15) is 5.82 Å². The highest BCUT2D eigenvalue weighted by molar-refractivity contribution is 5.94. The van der Waals surface area contributed by atoms with Gasteiger partial charge in [-0.3, -0.25) is 4.79 Å². The fourth-order valence-electron chi connectivity index (χ4n) is 2.92. The lowest BCUT2D eigenvalue weighted by atomic mass is 9.93. The lowest BCUT2D eigenvalue weighted by molar-refractivity contribution is -0.140. The molecule has 0 unspecified atom stereocenters. The molecule has 0 aliphatic carbocycles. The van der Waals surface area contributed by atoms with Gasteiger partial charge in [0.2, 0.25) is 0 Å². The van der Waals surface area contributed by atoms with Gasteiger partial charge in [-0.25, -0.2) is 4.39 Å². The first-order valence-corrected chi connectivity index (χ1v) is 7.99. The van der Waals surface area contributed by atoms with Gasteiger partial charge in [-0.1, -0.05) is 0 Å². The third kappa shape index (κ3) is 4.69. The van der Waals surface area contributed by atoms with E-state index in [9.17, 15) is 22.4 Å². The number of carbonyl (C=O) groups excluding carboxylic acids is 1. The predicted molar refractivity (Wildman–Crippen MR) is 83.2 cm³/mol. The zero-order chi connectivity index (χ0) is 17.9. The van der Waals surface area contributed by atoms with Crippen LogP contribution in [-0.2, 0) is 6.18 Å². The van der Waals surface area contributed by atoms with E-state index in [1.165, 1.54) is 0 Å². The van der Waals surface area contributed by atoms with Crippen LogP contribution in [0.4, 0.5) is 17.6 Å². The first-order valence-electron chi connectivity index (χ1n) is 7.99. The Morgan fingerprint density at radius 2 is 1.88 bits per heavy atom. The number of alkyl halides is 3. The second-order valence-corrected chi connectivity index (χ2v) is 6.52. The topological polar surface area (TPSA) is 23.6 Å². The van der Waals surface area contributed by atoms with Crippen molar-refractivity contribution < 1.29 is 22.4 Å². The Bertz CT molecular complexity index is 578. The number of rotatable bonds is 4. The van der Waals surface area contributed by atoms with Crippen LogP contribution < -0.4 is 0 Å². The maximum Gasteiger partial charge on any atom is 0.419 e. The van der Waals surface area contributed by atoms with Crippen LogP contribution in [0.3, 0.4) is 0 Å². The van der Waals surface area contributed by atoms with E-state index < -0.39 is 23.5 Å². The Kier molecular flexibility index (Phi) is 5.85. The van der Waals surface area contributed by atoms with Gasteiger partial charge in [-0.15, -0.1) is 0 Å². The Labute approximate surface area is 139 Å². The van der Waals surface area contributed by atoms with E-state index in [2.05, 4.69) is 4.90 Å². The quantitative estimate of drug-likeness (QED) is 0.777. The van der Waals surface area contributed by atoms with Crippen LogP contribution in [0.5, 0.6) is 0 Å². The molecule has 2 rings (SSSR count). The molecule has 0 bridgehead atoms. The summed E-state index contributed by atoms with van der Waals surface area (Å²) < 4.78 is 51.6. The highest BCUT2D eigenvalue weighted by Gasteiger charge is 2.35. The van der Waals surface area contributed by atoms with Gasteiger partial charge in [0.15, 0.2) is 0 Å². The second kappa shape index (κ2) is 7.51. The molecule has 0 saturated carbocycles. The molecule has 134 valence electrons. The van der Waals surface area contributed by atoms with Crippen molar-refractivity contribution in [1.82, 2.24) is 9.80 Å². The number of carbonyl (C=O) groups is 1. The van der Waals surface area contributed by atoms with Crippen LogP contribution >= 0.6 is 0 Å². The summed E-state index contributed by atoms with van der Waals surface area (Å²) in [6.45, 7) is 2.02. The van der Waals surface area contributed by atoms with Gasteiger partial charge in [0, 0.05) is 18.7 Å². The number of likely N-dealkylation sites (tertiary alicyclic amines) is 1.